The lowest BCUT2D eigenvalue weighted by molar-refractivity contribution is 0.602. The van der Waals surface area contributed by atoms with Crippen molar-refractivity contribution >= 4 is 22.7 Å². The van der Waals surface area contributed by atoms with E-state index in [0.29, 0.717) is 0 Å². The third-order valence-electron chi connectivity index (χ3n) is 6.63. The van der Waals surface area contributed by atoms with E-state index in [1.807, 2.05) is 0 Å². The molecule has 4 radical (unpaired) electrons. The first kappa shape index (κ1) is 20.7. The van der Waals surface area contributed by atoms with Gasteiger partial charge in [0.05, 0.1) is 34.8 Å². The van der Waals surface area contributed by atoms with Gasteiger partial charge in [0.2, 0.25) is 13.3 Å². The highest BCUT2D eigenvalue weighted by Crippen LogP contribution is 2.47. The molecule has 0 aromatic heterocycles. The predicted octanol–water partition coefficient (Wildman–Crippen LogP) is 6.49. The highest BCUT2D eigenvalue weighted by Gasteiger charge is 2.35. The topological polar surface area (TPSA) is 13.0 Å². The second-order valence-electron chi connectivity index (χ2n) is 8.51. The summed E-state index contributed by atoms with van der Waals surface area (Å²) in [4.78, 5) is 8.84. The van der Waals surface area contributed by atoms with Crippen molar-refractivity contribution in [1.29, 1.82) is 0 Å². The molecule has 2 heterocycles. The number of para-hydroxylation sites is 4. The Hall–Kier alpha value is -3.14. The Labute approximate surface area is 192 Å². The number of nitrogens with zero attached hydrogens (tertiary/aromatic N) is 4. The highest BCUT2D eigenvalue weighted by atomic mass is 15.4. The van der Waals surface area contributed by atoms with Crippen LogP contribution in [-0.4, -0.2) is 14.1 Å². The van der Waals surface area contributed by atoms with Crippen LogP contribution >= 0.6 is 0 Å². The Bertz CT molecular complexity index is 1010. The summed E-state index contributed by atoms with van der Waals surface area (Å²) in [7, 11) is 4.15. The van der Waals surface area contributed by atoms with Crippen molar-refractivity contribution in [3.05, 3.63) is 97.3 Å². The molecule has 0 fully saturated rings. The molecular formula is C28H30N4. The average Bonchev–Trinajstić information content (AvgIpc) is 3.34. The molecule has 2 aliphatic rings. The molecule has 0 bridgehead atoms. The maximum atomic E-state index is 3.57. The number of fused-ring (bicyclic) bond motifs is 2. The molecule has 2 atom stereocenters. The molecule has 0 N–H and O–H groups in total. The summed E-state index contributed by atoms with van der Waals surface area (Å²) in [6.45, 7) is 11.7. The second kappa shape index (κ2) is 8.42. The minimum atomic E-state index is 0.210. The van der Waals surface area contributed by atoms with Crippen molar-refractivity contribution in [2.24, 2.45) is 0 Å². The molecule has 162 valence electrons. The van der Waals surface area contributed by atoms with E-state index in [-0.39, 0.29) is 12.1 Å². The normalized spacial score (nSPS) is 16.9. The molecule has 32 heavy (non-hydrogen) atoms. The quantitative estimate of drug-likeness (QED) is 0.450. The Morgan fingerprint density at radius 1 is 0.562 bits per heavy atom. The minimum Gasteiger partial charge on any atom is -0.343 e. The van der Waals surface area contributed by atoms with Crippen LogP contribution in [0.25, 0.3) is 0 Å². The first-order valence-electron chi connectivity index (χ1n) is 11.5. The zero-order chi connectivity index (χ0) is 22.2. The zero-order valence-corrected chi connectivity index (χ0v) is 19.3. The van der Waals surface area contributed by atoms with Gasteiger partial charge in [-0.25, -0.2) is 0 Å². The summed E-state index contributed by atoms with van der Waals surface area (Å²) in [6, 6.07) is 26.5. The molecule has 2 aliphatic heterocycles. The SMILES string of the molecule is CC[C@H](c1ccccc1[C@@H](CC)N1[C]N(C)c2ccccc21)N1[C]N(C)c2ccccc21. The van der Waals surface area contributed by atoms with E-state index in [2.05, 4.69) is 134 Å². The average molecular weight is 423 g/mol. The van der Waals surface area contributed by atoms with Crippen molar-refractivity contribution in [2.75, 3.05) is 33.7 Å². The van der Waals surface area contributed by atoms with E-state index in [1.165, 1.54) is 33.9 Å². The molecule has 0 saturated heterocycles. The van der Waals surface area contributed by atoms with E-state index < -0.39 is 0 Å². The zero-order valence-electron chi connectivity index (χ0n) is 19.3. The van der Waals surface area contributed by atoms with Gasteiger partial charge in [-0.05, 0) is 48.2 Å². The highest BCUT2D eigenvalue weighted by molar-refractivity contribution is 5.80. The van der Waals surface area contributed by atoms with E-state index in [1.54, 1.807) is 0 Å². The van der Waals surface area contributed by atoms with E-state index >= 15 is 0 Å². The predicted molar refractivity (Wildman–Crippen MR) is 134 cm³/mol. The van der Waals surface area contributed by atoms with Gasteiger partial charge in [0.1, 0.15) is 0 Å². The molecule has 0 amide bonds. The smallest absolute Gasteiger partial charge is 0.209 e. The maximum Gasteiger partial charge on any atom is 0.209 e. The van der Waals surface area contributed by atoms with Gasteiger partial charge in [-0.15, -0.1) is 0 Å². The lowest BCUT2D eigenvalue weighted by Gasteiger charge is -2.34. The molecular weight excluding hydrogens is 392 g/mol. The summed E-state index contributed by atoms with van der Waals surface area (Å²) in [6.07, 6.45) is 1.99. The van der Waals surface area contributed by atoms with Crippen LogP contribution in [0.5, 0.6) is 0 Å². The number of benzene rings is 3. The van der Waals surface area contributed by atoms with E-state index in [9.17, 15) is 0 Å². The molecule has 5 rings (SSSR count). The molecule has 3 aromatic rings. The molecule has 3 aromatic carbocycles. The first-order chi connectivity index (χ1) is 15.6. The monoisotopic (exact) mass is 422 g/mol. The Morgan fingerprint density at radius 3 is 1.28 bits per heavy atom. The van der Waals surface area contributed by atoms with Gasteiger partial charge in [-0.3, -0.25) is 0 Å². The third kappa shape index (κ3) is 3.29. The van der Waals surface area contributed by atoms with Crippen molar-refractivity contribution in [1.82, 2.24) is 0 Å². The van der Waals surface area contributed by atoms with E-state index in [4.69, 9.17) is 0 Å². The molecule has 4 nitrogen and oxygen atoms in total. The standard InChI is InChI=1S/C28H30N4/c1-5-23(31-19-29(3)25-15-9-11-17-27(25)31)21-13-7-8-14-22(21)24(6-2)32-20-30(4)26-16-10-12-18-28(26)32/h7-18,23-24H,5-6H2,1-4H3/t23-,24-/m1/s1. The number of hydrogen-bond donors (Lipinski definition) is 0. The van der Waals surface area contributed by atoms with E-state index in [0.717, 1.165) is 12.8 Å². The summed E-state index contributed by atoms with van der Waals surface area (Å²) < 4.78 is 0. The van der Waals surface area contributed by atoms with Gasteiger partial charge in [-0.1, -0.05) is 62.4 Å². The van der Waals surface area contributed by atoms with Crippen molar-refractivity contribution in [3.63, 3.8) is 0 Å². The second-order valence-corrected chi connectivity index (χ2v) is 8.51. The summed E-state index contributed by atoms with van der Waals surface area (Å²) in [5.41, 5.74) is 7.55. The molecule has 0 aliphatic carbocycles. The van der Waals surface area contributed by atoms with Gasteiger partial charge >= 0.3 is 0 Å². The Balaban J connectivity index is 1.55. The van der Waals surface area contributed by atoms with Crippen LogP contribution in [0.3, 0.4) is 0 Å². The van der Waals surface area contributed by atoms with Gasteiger partial charge < -0.3 is 19.6 Å². The van der Waals surface area contributed by atoms with Crippen LogP contribution in [0, 0.1) is 13.3 Å². The van der Waals surface area contributed by atoms with Crippen LogP contribution in [0.15, 0.2) is 72.8 Å². The Morgan fingerprint density at radius 2 is 0.906 bits per heavy atom. The summed E-state index contributed by atoms with van der Waals surface area (Å²) in [5.74, 6) is 0. The minimum absolute atomic E-state index is 0.210. The van der Waals surface area contributed by atoms with Crippen LogP contribution in [0.2, 0.25) is 0 Å². The van der Waals surface area contributed by atoms with Crippen LogP contribution in [-0.2, 0) is 0 Å². The van der Waals surface area contributed by atoms with Crippen molar-refractivity contribution in [2.45, 2.75) is 38.8 Å². The molecule has 4 heteroatoms. The van der Waals surface area contributed by atoms with Crippen molar-refractivity contribution in [3.8, 4) is 0 Å². The third-order valence-corrected chi connectivity index (χ3v) is 6.63. The van der Waals surface area contributed by atoms with Gasteiger partial charge in [0.25, 0.3) is 0 Å². The number of anilines is 4. The maximum absolute atomic E-state index is 3.57. The lowest BCUT2D eigenvalue weighted by atomic mass is 9.90. The number of hydrogen-bond acceptors (Lipinski definition) is 4. The fourth-order valence-electron chi connectivity index (χ4n) is 5.12. The summed E-state index contributed by atoms with van der Waals surface area (Å²) in [5, 5.41) is 0. The van der Waals surface area contributed by atoms with Gasteiger partial charge in [0, 0.05) is 14.1 Å². The fourth-order valence-corrected chi connectivity index (χ4v) is 5.12. The largest absolute Gasteiger partial charge is 0.343 e. The van der Waals surface area contributed by atoms with Gasteiger partial charge in [0.15, 0.2) is 0 Å². The molecule has 0 unspecified atom stereocenters. The Kier molecular flexibility index (Phi) is 5.46. The van der Waals surface area contributed by atoms with Crippen LogP contribution < -0.4 is 19.6 Å². The number of rotatable bonds is 6. The van der Waals surface area contributed by atoms with Crippen molar-refractivity contribution < 1.29 is 0 Å². The van der Waals surface area contributed by atoms with Crippen LogP contribution in [0.1, 0.15) is 49.9 Å². The first-order valence-corrected chi connectivity index (χ1v) is 11.5. The van der Waals surface area contributed by atoms with Gasteiger partial charge in [-0.2, -0.15) is 0 Å². The fraction of sp³-hybridized carbons (Fsp3) is 0.286. The summed E-state index contributed by atoms with van der Waals surface area (Å²) >= 11 is 0. The molecule has 0 spiro atoms. The lowest BCUT2D eigenvalue weighted by Crippen LogP contribution is -2.31. The van der Waals surface area contributed by atoms with Crippen LogP contribution in [0.4, 0.5) is 22.7 Å². The molecule has 0 saturated carbocycles.